The number of phenols is 1. The Morgan fingerprint density at radius 1 is 0.895 bits per heavy atom. The van der Waals surface area contributed by atoms with Crippen molar-refractivity contribution < 1.29 is 9.90 Å². The molecule has 0 aliphatic carbocycles. The van der Waals surface area contributed by atoms with Crippen LogP contribution in [-0.2, 0) is 0 Å². The summed E-state index contributed by atoms with van der Waals surface area (Å²) in [6.45, 7) is 0. The van der Waals surface area contributed by atoms with Crippen LogP contribution >= 0.6 is 11.6 Å². The van der Waals surface area contributed by atoms with Gasteiger partial charge in [-0.05, 0) is 48.0 Å². The highest BCUT2D eigenvalue weighted by molar-refractivity contribution is 6.30. The van der Waals surface area contributed by atoms with Crippen LogP contribution in [0.4, 0.5) is 0 Å². The SMILES string of the molecule is O=C(NN1C(c2ccccc2)=NC2=NC(c3ccc(O)cc3)=CC(c3ccc(Cl)cc3)N21)c1cnccn1. The molecule has 9 nitrogen and oxygen atoms in total. The predicted molar refractivity (Wildman–Crippen MR) is 144 cm³/mol. The standard InChI is InChI=1S/C28H20ClN7O2/c29-21-10-6-19(7-11-21)25-16-23(18-8-12-22(37)13-9-18)32-28-33-26(20-4-2-1-3-5-20)36(35(25)28)34-27(38)24-17-30-14-15-31-24/h1-17,25,37H,(H,34,38). The second kappa shape index (κ2) is 9.79. The van der Waals surface area contributed by atoms with Crippen molar-refractivity contribution in [2.24, 2.45) is 9.98 Å². The molecule has 1 amide bonds. The van der Waals surface area contributed by atoms with Crippen molar-refractivity contribution in [3.63, 3.8) is 0 Å². The fourth-order valence-corrected chi connectivity index (χ4v) is 4.34. The van der Waals surface area contributed by atoms with E-state index in [-0.39, 0.29) is 11.4 Å². The minimum Gasteiger partial charge on any atom is -0.508 e. The molecular formula is C28H20ClN7O2. The van der Waals surface area contributed by atoms with Gasteiger partial charge in [-0.25, -0.2) is 20.4 Å². The molecule has 186 valence electrons. The van der Waals surface area contributed by atoms with Gasteiger partial charge in [-0.1, -0.05) is 54.1 Å². The molecule has 1 aromatic heterocycles. The van der Waals surface area contributed by atoms with Crippen LogP contribution in [0.15, 0.2) is 114 Å². The Morgan fingerprint density at radius 2 is 1.66 bits per heavy atom. The topological polar surface area (TPSA) is 106 Å². The number of aliphatic imine (C=N–C) groups is 2. The van der Waals surface area contributed by atoms with Gasteiger partial charge >= 0.3 is 0 Å². The smallest absolute Gasteiger partial charge is 0.291 e. The van der Waals surface area contributed by atoms with Gasteiger partial charge in [-0.2, -0.15) is 10.1 Å². The molecule has 10 heteroatoms. The zero-order valence-corrected chi connectivity index (χ0v) is 20.6. The maximum atomic E-state index is 13.2. The summed E-state index contributed by atoms with van der Waals surface area (Å²) >= 11 is 6.19. The highest BCUT2D eigenvalue weighted by Crippen LogP contribution is 2.37. The number of phenolic OH excluding ortho intramolecular Hbond substituents is 1. The second-order valence-corrected chi connectivity index (χ2v) is 8.93. The lowest BCUT2D eigenvalue weighted by Gasteiger charge is -2.38. The maximum absolute atomic E-state index is 13.2. The van der Waals surface area contributed by atoms with Crippen LogP contribution in [0.25, 0.3) is 5.70 Å². The number of halogens is 1. The predicted octanol–water partition coefficient (Wildman–Crippen LogP) is 4.61. The number of aromatic nitrogens is 2. The van der Waals surface area contributed by atoms with Gasteiger partial charge in [0.2, 0.25) is 5.96 Å². The van der Waals surface area contributed by atoms with Crippen LogP contribution in [0.2, 0.25) is 5.02 Å². The number of aromatic hydroxyl groups is 1. The Bertz CT molecular complexity index is 1570. The number of amides is 1. The van der Waals surface area contributed by atoms with Crippen molar-refractivity contribution in [1.29, 1.82) is 0 Å². The summed E-state index contributed by atoms with van der Waals surface area (Å²) in [6, 6.07) is 23.4. The molecule has 6 rings (SSSR count). The van der Waals surface area contributed by atoms with Crippen molar-refractivity contribution in [3.05, 3.63) is 131 Å². The minimum absolute atomic E-state index is 0.158. The first kappa shape index (κ1) is 23.4. The molecule has 4 aromatic rings. The van der Waals surface area contributed by atoms with Crippen molar-refractivity contribution >= 4 is 35.0 Å². The van der Waals surface area contributed by atoms with Crippen LogP contribution in [-0.4, -0.2) is 42.9 Å². The molecule has 0 fully saturated rings. The Kier molecular flexibility index (Phi) is 6.03. The van der Waals surface area contributed by atoms with Crippen molar-refractivity contribution in [2.45, 2.75) is 6.04 Å². The van der Waals surface area contributed by atoms with E-state index in [0.29, 0.717) is 22.5 Å². The first-order valence-corrected chi connectivity index (χ1v) is 12.1. The monoisotopic (exact) mass is 521 g/mol. The number of amidine groups is 1. The first-order chi connectivity index (χ1) is 18.6. The largest absolute Gasteiger partial charge is 0.508 e. The summed E-state index contributed by atoms with van der Waals surface area (Å²) in [5.74, 6) is 0.581. The number of hydrogen-bond donors (Lipinski definition) is 2. The molecule has 2 aliphatic rings. The van der Waals surface area contributed by atoms with Crippen LogP contribution in [0, 0.1) is 0 Å². The van der Waals surface area contributed by atoms with Crippen molar-refractivity contribution in [2.75, 3.05) is 0 Å². The number of hydrazine groups is 2. The average molecular weight is 522 g/mol. The maximum Gasteiger partial charge on any atom is 0.291 e. The Labute approximate surface area is 223 Å². The fourth-order valence-electron chi connectivity index (χ4n) is 4.22. The van der Waals surface area contributed by atoms with Gasteiger partial charge < -0.3 is 5.11 Å². The van der Waals surface area contributed by atoms with Crippen molar-refractivity contribution in [1.82, 2.24) is 25.5 Å². The zero-order valence-electron chi connectivity index (χ0n) is 19.8. The van der Waals surface area contributed by atoms with Crippen LogP contribution < -0.4 is 5.43 Å². The van der Waals surface area contributed by atoms with E-state index in [1.807, 2.05) is 65.7 Å². The number of rotatable bonds is 5. The Hall–Kier alpha value is -5.02. The lowest BCUT2D eigenvalue weighted by Crippen LogP contribution is -2.55. The molecule has 38 heavy (non-hydrogen) atoms. The van der Waals surface area contributed by atoms with Crippen LogP contribution in [0.1, 0.15) is 33.2 Å². The van der Waals surface area contributed by atoms with Crippen LogP contribution in [0.3, 0.4) is 0 Å². The molecule has 0 saturated heterocycles. The van der Waals surface area contributed by atoms with Gasteiger partial charge in [0.25, 0.3) is 5.91 Å². The fraction of sp³-hybridized carbons (Fsp3) is 0.0357. The average Bonchev–Trinajstić information content (AvgIpc) is 3.32. The van der Waals surface area contributed by atoms with E-state index in [1.54, 1.807) is 29.4 Å². The van der Waals surface area contributed by atoms with Crippen molar-refractivity contribution in [3.8, 4) is 5.75 Å². The van der Waals surface area contributed by atoms with E-state index < -0.39 is 11.9 Å². The van der Waals surface area contributed by atoms with Gasteiger partial charge in [-0.3, -0.25) is 9.78 Å². The third kappa shape index (κ3) is 4.46. The number of nitrogens with zero attached hydrogens (tertiary/aromatic N) is 6. The van der Waals surface area contributed by atoms with E-state index in [9.17, 15) is 9.90 Å². The number of guanidine groups is 1. The molecule has 0 spiro atoms. The number of carbonyl (C=O) groups is 1. The lowest BCUT2D eigenvalue weighted by atomic mass is 10.0. The summed E-state index contributed by atoms with van der Waals surface area (Å²) in [5, 5.41) is 13.8. The van der Waals surface area contributed by atoms with E-state index in [0.717, 1.165) is 16.7 Å². The van der Waals surface area contributed by atoms with E-state index in [1.165, 1.54) is 18.6 Å². The Morgan fingerprint density at radius 3 is 2.37 bits per heavy atom. The number of carbonyl (C=O) groups excluding carboxylic acids is 1. The third-order valence-electron chi connectivity index (χ3n) is 6.04. The molecule has 0 saturated carbocycles. The second-order valence-electron chi connectivity index (χ2n) is 8.50. The zero-order chi connectivity index (χ0) is 26.1. The molecule has 2 N–H and O–H groups in total. The molecule has 2 aliphatic heterocycles. The summed E-state index contributed by atoms with van der Waals surface area (Å²) in [4.78, 5) is 31.0. The highest BCUT2D eigenvalue weighted by Gasteiger charge is 2.40. The minimum atomic E-state index is -0.453. The van der Waals surface area contributed by atoms with Gasteiger partial charge in [0.1, 0.15) is 17.5 Å². The first-order valence-electron chi connectivity index (χ1n) is 11.7. The lowest BCUT2D eigenvalue weighted by molar-refractivity contribution is 0.0438. The summed E-state index contributed by atoms with van der Waals surface area (Å²) in [6.07, 6.45) is 6.34. The number of fused-ring (bicyclic) bond motifs is 1. The highest BCUT2D eigenvalue weighted by atomic mass is 35.5. The molecular weight excluding hydrogens is 502 g/mol. The Balaban J connectivity index is 1.48. The van der Waals surface area contributed by atoms with Gasteiger partial charge in [-0.15, -0.1) is 0 Å². The number of nitrogens with one attached hydrogen (secondary N) is 1. The van der Waals surface area contributed by atoms with Gasteiger partial charge in [0.15, 0.2) is 5.84 Å². The number of hydrogen-bond acceptors (Lipinski definition) is 8. The quantitative estimate of drug-likeness (QED) is 0.397. The summed E-state index contributed by atoms with van der Waals surface area (Å²) < 4.78 is 0. The van der Waals surface area contributed by atoms with Gasteiger partial charge in [0.05, 0.1) is 11.9 Å². The molecule has 1 unspecified atom stereocenters. The molecule has 0 bridgehead atoms. The molecule has 3 heterocycles. The van der Waals surface area contributed by atoms with E-state index in [2.05, 4.69) is 15.4 Å². The molecule has 1 atom stereocenters. The summed E-state index contributed by atoms with van der Waals surface area (Å²) in [7, 11) is 0. The molecule has 0 radical (unpaired) electrons. The van der Waals surface area contributed by atoms with E-state index >= 15 is 0 Å². The third-order valence-corrected chi connectivity index (χ3v) is 6.29. The summed E-state index contributed by atoms with van der Waals surface area (Å²) in [5.41, 5.74) is 6.27. The van der Waals surface area contributed by atoms with Gasteiger partial charge in [0, 0.05) is 28.5 Å². The normalized spacial score (nSPS) is 16.3. The molecule has 3 aromatic carbocycles. The number of benzene rings is 3. The van der Waals surface area contributed by atoms with Crippen LogP contribution in [0.5, 0.6) is 5.75 Å². The van der Waals surface area contributed by atoms with E-state index in [4.69, 9.17) is 21.6 Å².